The summed E-state index contributed by atoms with van der Waals surface area (Å²) in [6.45, 7) is 4.19. The van der Waals surface area contributed by atoms with E-state index in [0.29, 0.717) is 48.6 Å². The van der Waals surface area contributed by atoms with Crippen LogP contribution >= 0.6 is 11.8 Å². The molecule has 0 bridgehead atoms. The number of benzene rings is 2. The Morgan fingerprint density at radius 2 is 1.97 bits per heavy atom. The standard InChI is InChI=1S/C22H23N3O4S/c1-15-4-3-5-17(12-15)21-23-24-22(25(21)8-9-27-2)30-14-18(26)16-6-7-19-20(13-16)29-11-10-28-19/h3-7,12-13H,8-11,14H2,1-2H3. The smallest absolute Gasteiger partial charge is 0.192 e. The van der Waals surface area contributed by atoms with E-state index in [1.54, 1.807) is 25.3 Å². The van der Waals surface area contributed by atoms with Crippen molar-refractivity contribution in [3.05, 3.63) is 53.6 Å². The van der Waals surface area contributed by atoms with Gasteiger partial charge >= 0.3 is 0 Å². The third-order valence-corrected chi connectivity index (χ3v) is 5.68. The van der Waals surface area contributed by atoms with Crippen molar-refractivity contribution in [1.29, 1.82) is 0 Å². The fourth-order valence-electron chi connectivity index (χ4n) is 3.21. The van der Waals surface area contributed by atoms with Crippen LogP contribution in [-0.2, 0) is 11.3 Å². The van der Waals surface area contributed by atoms with E-state index in [1.165, 1.54) is 11.8 Å². The molecule has 8 heteroatoms. The summed E-state index contributed by atoms with van der Waals surface area (Å²) >= 11 is 1.37. The first kappa shape index (κ1) is 20.4. The molecule has 3 aromatic rings. The van der Waals surface area contributed by atoms with Crippen LogP contribution in [0.2, 0.25) is 0 Å². The minimum Gasteiger partial charge on any atom is -0.486 e. The van der Waals surface area contributed by atoms with Crippen LogP contribution in [0.5, 0.6) is 11.5 Å². The molecule has 2 aromatic carbocycles. The molecule has 0 unspecified atom stereocenters. The third-order valence-electron chi connectivity index (χ3n) is 4.71. The first-order valence-electron chi connectivity index (χ1n) is 9.70. The van der Waals surface area contributed by atoms with E-state index < -0.39 is 0 Å². The Labute approximate surface area is 179 Å². The predicted molar refractivity (Wildman–Crippen MR) is 115 cm³/mol. The number of methoxy groups -OCH3 is 1. The fourth-order valence-corrected chi connectivity index (χ4v) is 4.07. The van der Waals surface area contributed by atoms with E-state index in [4.69, 9.17) is 14.2 Å². The highest BCUT2D eigenvalue weighted by atomic mass is 32.2. The number of Topliss-reactive ketones (excluding diaryl/α,β-unsaturated/α-hetero) is 1. The van der Waals surface area contributed by atoms with Gasteiger partial charge in [0, 0.05) is 18.2 Å². The first-order chi connectivity index (χ1) is 14.7. The Balaban J connectivity index is 1.52. The van der Waals surface area contributed by atoms with Crippen molar-refractivity contribution in [2.75, 3.05) is 32.7 Å². The van der Waals surface area contributed by atoms with E-state index in [1.807, 2.05) is 29.7 Å². The van der Waals surface area contributed by atoms with Gasteiger partial charge in [0.2, 0.25) is 0 Å². The SMILES string of the molecule is COCCn1c(SCC(=O)c2ccc3c(c2)OCCO3)nnc1-c1cccc(C)c1. The van der Waals surface area contributed by atoms with Crippen LogP contribution in [0.25, 0.3) is 11.4 Å². The second-order valence-corrected chi connectivity index (χ2v) is 7.83. The Hall–Kier alpha value is -2.84. The number of nitrogens with zero attached hydrogens (tertiary/aromatic N) is 3. The lowest BCUT2D eigenvalue weighted by molar-refractivity contribution is 0.102. The lowest BCUT2D eigenvalue weighted by atomic mass is 10.1. The molecule has 0 N–H and O–H groups in total. The summed E-state index contributed by atoms with van der Waals surface area (Å²) in [4.78, 5) is 12.8. The number of ketones is 1. The lowest BCUT2D eigenvalue weighted by Crippen LogP contribution is -2.16. The number of rotatable bonds is 8. The van der Waals surface area contributed by atoms with Crippen LogP contribution in [0.1, 0.15) is 15.9 Å². The Bertz CT molecular complexity index is 1050. The molecule has 156 valence electrons. The van der Waals surface area contributed by atoms with Gasteiger partial charge in [0.1, 0.15) is 13.2 Å². The molecule has 0 radical (unpaired) electrons. The molecule has 0 fully saturated rings. The zero-order valence-corrected chi connectivity index (χ0v) is 17.8. The van der Waals surface area contributed by atoms with Crippen molar-refractivity contribution in [1.82, 2.24) is 14.8 Å². The van der Waals surface area contributed by atoms with Gasteiger partial charge in [-0.3, -0.25) is 9.36 Å². The number of thioether (sulfide) groups is 1. The van der Waals surface area contributed by atoms with Crippen molar-refractivity contribution in [2.45, 2.75) is 18.6 Å². The van der Waals surface area contributed by atoms with Crippen LogP contribution in [0, 0.1) is 6.92 Å². The number of fused-ring (bicyclic) bond motifs is 1. The highest BCUT2D eigenvalue weighted by Gasteiger charge is 2.18. The highest BCUT2D eigenvalue weighted by Crippen LogP contribution is 2.31. The summed E-state index contributed by atoms with van der Waals surface area (Å²) in [5.41, 5.74) is 2.73. The average Bonchev–Trinajstić information content (AvgIpc) is 3.18. The van der Waals surface area contributed by atoms with Gasteiger partial charge in [0.15, 0.2) is 28.3 Å². The maximum absolute atomic E-state index is 12.8. The molecule has 7 nitrogen and oxygen atoms in total. The van der Waals surface area contributed by atoms with E-state index in [9.17, 15) is 4.79 Å². The van der Waals surface area contributed by atoms with Crippen LogP contribution in [0.3, 0.4) is 0 Å². The minimum absolute atomic E-state index is 0.00429. The van der Waals surface area contributed by atoms with E-state index in [-0.39, 0.29) is 11.5 Å². The molecule has 0 amide bonds. The summed E-state index contributed by atoms with van der Waals surface area (Å²) in [6, 6.07) is 13.4. The second-order valence-electron chi connectivity index (χ2n) is 6.89. The fraction of sp³-hybridized carbons (Fsp3) is 0.318. The van der Waals surface area contributed by atoms with Gasteiger partial charge in [-0.1, -0.05) is 35.5 Å². The lowest BCUT2D eigenvalue weighted by Gasteiger charge is -2.18. The van der Waals surface area contributed by atoms with Crippen molar-refractivity contribution < 1.29 is 19.0 Å². The molecule has 0 saturated carbocycles. The molecular weight excluding hydrogens is 402 g/mol. The largest absolute Gasteiger partial charge is 0.486 e. The van der Waals surface area contributed by atoms with Gasteiger partial charge in [0.05, 0.1) is 18.9 Å². The molecule has 30 heavy (non-hydrogen) atoms. The van der Waals surface area contributed by atoms with Crippen molar-refractivity contribution >= 4 is 17.5 Å². The number of hydrogen-bond acceptors (Lipinski definition) is 7. The van der Waals surface area contributed by atoms with E-state index in [2.05, 4.69) is 16.3 Å². The first-order valence-corrected chi connectivity index (χ1v) is 10.7. The molecule has 4 rings (SSSR count). The number of aromatic nitrogens is 3. The van der Waals surface area contributed by atoms with Crippen LogP contribution in [0.15, 0.2) is 47.6 Å². The Morgan fingerprint density at radius 3 is 2.77 bits per heavy atom. The molecule has 0 atom stereocenters. The third kappa shape index (κ3) is 4.49. The number of ether oxygens (including phenoxy) is 3. The van der Waals surface area contributed by atoms with Gasteiger partial charge in [-0.05, 0) is 31.2 Å². The van der Waals surface area contributed by atoms with E-state index >= 15 is 0 Å². The van der Waals surface area contributed by atoms with Gasteiger partial charge in [-0.15, -0.1) is 10.2 Å². The maximum Gasteiger partial charge on any atom is 0.192 e. The molecule has 1 aliphatic heterocycles. The maximum atomic E-state index is 12.8. The zero-order valence-electron chi connectivity index (χ0n) is 17.0. The van der Waals surface area contributed by atoms with Gasteiger partial charge in [-0.2, -0.15) is 0 Å². The predicted octanol–water partition coefficient (Wildman–Crippen LogP) is 3.65. The summed E-state index contributed by atoms with van der Waals surface area (Å²) in [7, 11) is 1.66. The van der Waals surface area contributed by atoms with Crippen molar-refractivity contribution in [2.24, 2.45) is 0 Å². The second kappa shape index (κ2) is 9.32. The van der Waals surface area contributed by atoms with Gasteiger partial charge < -0.3 is 14.2 Å². The molecular formula is C22H23N3O4S. The highest BCUT2D eigenvalue weighted by molar-refractivity contribution is 7.99. The van der Waals surface area contributed by atoms with Gasteiger partial charge in [-0.25, -0.2) is 0 Å². The van der Waals surface area contributed by atoms with Crippen molar-refractivity contribution in [3.63, 3.8) is 0 Å². The topological polar surface area (TPSA) is 75.5 Å². The number of hydrogen-bond donors (Lipinski definition) is 0. The molecule has 2 heterocycles. The van der Waals surface area contributed by atoms with Crippen LogP contribution in [0.4, 0.5) is 0 Å². The minimum atomic E-state index is -0.00429. The molecule has 1 aromatic heterocycles. The Morgan fingerprint density at radius 1 is 1.13 bits per heavy atom. The number of carbonyl (C=O) groups excluding carboxylic acids is 1. The molecule has 1 aliphatic rings. The zero-order chi connectivity index (χ0) is 20.9. The average molecular weight is 426 g/mol. The normalized spacial score (nSPS) is 12.7. The van der Waals surface area contributed by atoms with Crippen LogP contribution < -0.4 is 9.47 Å². The molecule has 0 aliphatic carbocycles. The summed E-state index contributed by atoms with van der Waals surface area (Å²) in [5.74, 6) is 2.30. The van der Waals surface area contributed by atoms with Gasteiger partial charge in [0.25, 0.3) is 0 Å². The summed E-state index contributed by atoms with van der Waals surface area (Å²) < 4.78 is 18.4. The summed E-state index contributed by atoms with van der Waals surface area (Å²) in [5, 5.41) is 9.40. The molecule has 0 saturated heterocycles. The summed E-state index contributed by atoms with van der Waals surface area (Å²) in [6.07, 6.45) is 0. The number of carbonyl (C=O) groups is 1. The van der Waals surface area contributed by atoms with E-state index in [0.717, 1.165) is 17.0 Å². The van der Waals surface area contributed by atoms with Crippen molar-refractivity contribution in [3.8, 4) is 22.9 Å². The molecule has 0 spiro atoms. The number of aryl methyl sites for hydroxylation is 1. The van der Waals surface area contributed by atoms with Crippen LogP contribution in [-0.4, -0.2) is 53.2 Å². The Kier molecular flexibility index (Phi) is 6.35. The quantitative estimate of drug-likeness (QED) is 0.403. The monoisotopic (exact) mass is 425 g/mol.